The summed E-state index contributed by atoms with van der Waals surface area (Å²) >= 11 is 0. The molecule has 332 valence electrons. The molecule has 1 amide bonds. The fourth-order valence-corrected chi connectivity index (χ4v) is 10.9. The molecule has 0 radical (unpaired) electrons. The molecule has 5 aliphatic rings. The van der Waals surface area contributed by atoms with Crippen molar-refractivity contribution in [1.29, 1.82) is 0 Å². The van der Waals surface area contributed by atoms with Gasteiger partial charge < -0.3 is 24.0 Å². The van der Waals surface area contributed by atoms with E-state index in [4.69, 9.17) is 19.4 Å². The molecule has 3 aromatic carbocycles. The predicted molar refractivity (Wildman–Crippen MR) is 238 cm³/mol. The maximum Gasteiger partial charge on any atom is 0.338 e. The van der Waals surface area contributed by atoms with Crippen LogP contribution in [0, 0.1) is 25.6 Å². The molecule has 0 spiro atoms. The van der Waals surface area contributed by atoms with E-state index >= 15 is 9.18 Å². The molecule has 14 nitrogen and oxygen atoms in total. The molecule has 4 atom stereocenters. The minimum absolute atomic E-state index is 0.0804. The number of nitrogens with zero attached hydrogens (tertiary/aromatic N) is 7. The predicted octanol–water partition coefficient (Wildman–Crippen LogP) is 7.02. The van der Waals surface area contributed by atoms with Crippen molar-refractivity contribution in [3.63, 3.8) is 0 Å². The van der Waals surface area contributed by atoms with Gasteiger partial charge in [0.05, 0.1) is 23.1 Å². The van der Waals surface area contributed by atoms with Crippen molar-refractivity contribution < 1.29 is 28.6 Å². The van der Waals surface area contributed by atoms with Gasteiger partial charge in [0.25, 0.3) is 12.3 Å². The molecule has 1 aliphatic carbocycles. The van der Waals surface area contributed by atoms with Gasteiger partial charge in [-0.05, 0) is 135 Å². The van der Waals surface area contributed by atoms with Gasteiger partial charge in [-0.25, -0.2) is 29.2 Å². The lowest BCUT2D eigenvalue weighted by atomic mass is 9.91. The number of carbonyl (C=O) groups is 1. The van der Waals surface area contributed by atoms with Crippen LogP contribution in [0.2, 0.25) is 0 Å². The van der Waals surface area contributed by atoms with Gasteiger partial charge >= 0.3 is 5.69 Å². The Hall–Kier alpha value is -5.87. The normalized spacial score (nSPS) is 23.9. The highest BCUT2D eigenvalue weighted by Gasteiger charge is 2.60. The van der Waals surface area contributed by atoms with Crippen LogP contribution in [0.4, 0.5) is 4.39 Å². The van der Waals surface area contributed by atoms with Gasteiger partial charge in [-0.15, -0.1) is 0 Å². The number of benzene rings is 3. The molecule has 3 fully saturated rings. The van der Waals surface area contributed by atoms with Crippen LogP contribution in [0.15, 0.2) is 82.8 Å². The second-order valence-corrected chi connectivity index (χ2v) is 18.3. The molecule has 1 unspecified atom stereocenters. The molecule has 2 N–H and O–H groups in total. The Kier molecular flexibility index (Phi) is 10.0. The van der Waals surface area contributed by atoms with Crippen molar-refractivity contribution in [3.05, 3.63) is 129 Å². The van der Waals surface area contributed by atoms with Crippen LogP contribution in [-0.4, -0.2) is 84.6 Å². The molecule has 64 heavy (non-hydrogen) atoms. The third kappa shape index (κ3) is 6.57. The number of ether oxygens (including phenoxy) is 2. The van der Waals surface area contributed by atoms with Crippen molar-refractivity contribution in [2.45, 2.75) is 96.1 Å². The molecule has 3 aromatic heterocycles. The summed E-state index contributed by atoms with van der Waals surface area (Å²) in [4.78, 5) is 41.9. The Labute approximate surface area is 369 Å². The first kappa shape index (κ1) is 40.9. The highest BCUT2D eigenvalue weighted by molar-refractivity contribution is 6.03. The summed E-state index contributed by atoms with van der Waals surface area (Å²) in [5.74, 6) is 1.37. The van der Waals surface area contributed by atoms with Crippen molar-refractivity contribution in [2.24, 2.45) is 10.9 Å². The number of imidazole rings is 1. The van der Waals surface area contributed by atoms with Crippen LogP contribution in [0.3, 0.4) is 0 Å². The zero-order chi connectivity index (χ0) is 44.0. The molecule has 15 heteroatoms. The zero-order valence-corrected chi connectivity index (χ0v) is 36.6. The maximum atomic E-state index is 15.5. The molecular formula is C49H53FN8O6. The number of hydrogen-bond acceptors (Lipinski definition) is 9. The lowest BCUT2D eigenvalue weighted by Crippen LogP contribution is -2.43. The maximum absolute atomic E-state index is 15.5. The van der Waals surface area contributed by atoms with Crippen molar-refractivity contribution >= 4 is 22.6 Å². The first-order valence-corrected chi connectivity index (χ1v) is 22.6. The first-order valence-electron chi connectivity index (χ1n) is 22.6. The summed E-state index contributed by atoms with van der Waals surface area (Å²) in [6.45, 7) is 10.9. The minimum Gasteiger partial charge on any atom is -0.381 e. The number of hydrogen-bond donors (Lipinski definition) is 2. The lowest BCUT2D eigenvalue weighted by Gasteiger charge is -2.34. The minimum atomic E-state index is -1.35. The van der Waals surface area contributed by atoms with Gasteiger partial charge in [0, 0.05) is 68.3 Å². The molecule has 0 bridgehead atoms. The van der Waals surface area contributed by atoms with Crippen molar-refractivity contribution in [2.75, 3.05) is 33.0 Å². The third-order valence-corrected chi connectivity index (χ3v) is 14.6. The summed E-state index contributed by atoms with van der Waals surface area (Å²) in [6, 6.07) is 19.6. The molecule has 6 aromatic rings. The number of carbonyl (C=O) groups excluding carboxylic acids is 1. The van der Waals surface area contributed by atoms with Gasteiger partial charge in [0.15, 0.2) is 5.84 Å². The number of halogens is 1. The Morgan fingerprint density at radius 1 is 0.859 bits per heavy atom. The molecule has 2 saturated heterocycles. The smallest absolute Gasteiger partial charge is 0.338 e. The third-order valence-electron chi connectivity index (χ3n) is 14.6. The zero-order valence-electron chi connectivity index (χ0n) is 36.6. The number of hydroxylamine groups is 1. The molecule has 4 aliphatic heterocycles. The fourth-order valence-electron chi connectivity index (χ4n) is 10.9. The number of fused-ring (bicyclic) bond motifs is 2. The Bertz CT molecular complexity index is 2880. The number of aromatic nitrogens is 5. The standard InChI is InChI=1S/C49H53FN8O6/c1-28-23-38(24-29(2)43(28)50)58-44(56-18-17-55(48(56)61)37-8-5-32(6-9-37)33-12-19-62-20-13-33)42-31(4)54(16-11-39(42)52-58)45(59)41-26-36-25-35(34-14-21-63-22-15-34)7-10-40(36)57(41)49(27-30(49)3)46-51-47(60)64-53-46/h5-10,17-18,23-26,30-31,33-34,47,60H,11-16,19-22,27H2,1-4H3,(H,51,53)/t30-,31-,47?,49-/m0/s1. The molecule has 1 saturated carbocycles. The Morgan fingerprint density at radius 3 is 2.14 bits per heavy atom. The SMILES string of the molecule is Cc1cc(-n2nc3c(c2-n2ccn(-c4ccc(C5CCOCC5)cc4)c2=O)[C@H](C)N(C(=O)c2cc4cc(C5CCOCC5)ccc4n2[C@@]2(C4=NC(O)ON4)C[C@@H]2C)CC3)cc(C)c1F. The quantitative estimate of drug-likeness (QED) is 0.166. The number of rotatable bonds is 8. The fraction of sp³-hybridized carbons (Fsp3) is 0.429. The van der Waals surface area contributed by atoms with Crippen LogP contribution >= 0.6 is 0 Å². The topological polar surface area (TPSA) is 142 Å². The van der Waals surface area contributed by atoms with E-state index in [1.54, 1.807) is 52.2 Å². The van der Waals surface area contributed by atoms with E-state index in [-0.39, 0.29) is 23.3 Å². The highest BCUT2D eigenvalue weighted by Crippen LogP contribution is 2.54. The van der Waals surface area contributed by atoms with Crippen molar-refractivity contribution in [1.82, 2.24) is 33.9 Å². The molecule has 11 rings (SSSR count). The summed E-state index contributed by atoms with van der Waals surface area (Å²) in [5, 5.41) is 16.4. The summed E-state index contributed by atoms with van der Waals surface area (Å²) in [6.07, 6.45) is 7.08. The first-order chi connectivity index (χ1) is 31.0. The average Bonchev–Trinajstić information content (AvgIpc) is 3.81. The van der Waals surface area contributed by atoms with Crippen LogP contribution in [0.1, 0.15) is 108 Å². The van der Waals surface area contributed by atoms with Gasteiger partial charge in [0.2, 0.25) is 0 Å². The van der Waals surface area contributed by atoms with Crippen LogP contribution in [0.25, 0.3) is 28.1 Å². The van der Waals surface area contributed by atoms with Crippen LogP contribution in [0.5, 0.6) is 0 Å². The summed E-state index contributed by atoms with van der Waals surface area (Å²) < 4.78 is 33.4. The lowest BCUT2D eigenvalue weighted by molar-refractivity contribution is -0.103. The van der Waals surface area contributed by atoms with Gasteiger partial charge in [-0.2, -0.15) is 5.10 Å². The van der Waals surface area contributed by atoms with Crippen LogP contribution < -0.4 is 11.2 Å². The van der Waals surface area contributed by atoms with Gasteiger partial charge in [-0.3, -0.25) is 13.9 Å². The second-order valence-electron chi connectivity index (χ2n) is 18.3. The Morgan fingerprint density at radius 2 is 1.50 bits per heavy atom. The van der Waals surface area contributed by atoms with E-state index in [9.17, 15) is 9.90 Å². The van der Waals surface area contributed by atoms with E-state index in [1.165, 1.54) is 11.1 Å². The molecular weight excluding hydrogens is 816 g/mol. The number of aliphatic hydroxyl groups is 1. The number of aliphatic imine (C=N–C) groups is 1. The van der Waals surface area contributed by atoms with Crippen LogP contribution in [-0.2, 0) is 26.3 Å². The van der Waals surface area contributed by atoms with Gasteiger partial charge in [-0.1, -0.05) is 25.1 Å². The van der Waals surface area contributed by atoms with Gasteiger partial charge in [0.1, 0.15) is 22.9 Å². The van der Waals surface area contributed by atoms with Crippen molar-refractivity contribution in [3.8, 4) is 17.2 Å². The number of amides is 1. The highest BCUT2D eigenvalue weighted by atomic mass is 19.1. The Balaban J connectivity index is 1.02. The number of amidine groups is 1. The van der Waals surface area contributed by atoms with E-state index in [0.29, 0.717) is 65.4 Å². The van der Waals surface area contributed by atoms with E-state index < -0.39 is 18.0 Å². The van der Waals surface area contributed by atoms with E-state index in [1.807, 2.05) is 30.0 Å². The molecule has 7 heterocycles. The summed E-state index contributed by atoms with van der Waals surface area (Å²) in [7, 11) is 0. The largest absolute Gasteiger partial charge is 0.381 e. The average molecular weight is 869 g/mol. The monoisotopic (exact) mass is 868 g/mol. The second kappa shape index (κ2) is 15.7. The number of nitrogens with one attached hydrogen (secondary N) is 1. The van der Waals surface area contributed by atoms with E-state index in [2.05, 4.69) is 52.3 Å². The summed E-state index contributed by atoms with van der Waals surface area (Å²) in [5.41, 5.74) is 9.44. The van der Waals surface area contributed by atoms with E-state index in [0.717, 1.165) is 80.0 Å². The number of aliphatic hydroxyl groups excluding tert-OH is 1. The number of aryl methyl sites for hydroxylation is 2.